The molecule has 0 aliphatic rings. The molecule has 110 valence electrons. The van der Waals surface area contributed by atoms with Crippen molar-refractivity contribution in [2.45, 2.75) is 6.10 Å². The van der Waals surface area contributed by atoms with Gasteiger partial charge in [0.05, 0.1) is 24.3 Å². The Hall–Kier alpha value is -3.13. The predicted molar refractivity (Wildman–Crippen MR) is 77.8 cm³/mol. The zero-order chi connectivity index (χ0) is 15.9. The molecule has 0 radical (unpaired) electrons. The van der Waals surface area contributed by atoms with Crippen molar-refractivity contribution in [3.8, 4) is 6.07 Å². The maximum absolute atomic E-state index is 12.1. The van der Waals surface area contributed by atoms with E-state index in [4.69, 9.17) is 10.00 Å². The molecule has 0 aromatic heterocycles. The molecule has 0 spiro atoms. The number of benzene rings is 2. The highest BCUT2D eigenvalue weighted by molar-refractivity contribution is 5.91. The molecule has 1 atom stereocenters. The first kappa shape index (κ1) is 15.3. The van der Waals surface area contributed by atoms with E-state index in [0.29, 0.717) is 16.7 Å². The van der Waals surface area contributed by atoms with E-state index in [1.807, 2.05) is 6.07 Å². The molecule has 0 heterocycles. The summed E-state index contributed by atoms with van der Waals surface area (Å²) in [7, 11) is 1.22. The Balaban J connectivity index is 2.25. The summed E-state index contributed by atoms with van der Waals surface area (Å²) in [5, 5.41) is 8.79. The van der Waals surface area contributed by atoms with Crippen molar-refractivity contribution in [1.29, 1.82) is 5.26 Å². The van der Waals surface area contributed by atoms with Crippen molar-refractivity contribution in [2.75, 3.05) is 7.11 Å². The lowest BCUT2D eigenvalue weighted by molar-refractivity contribution is -0.151. The number of methoxy groups -OCH3 is 1. The first-order valence-electron chi connectivity index (χ1n) is 6.49. The van der Waals surface area contributed by atoms with Crippen LogP contribution < -0.4 is 0 Å². The van der Waals surface area contributed by atoms with Gasteiger partial charge in [-0.25, -0.2) is 9.59 Å². The van der Waals surface area contributed by atoms with Gasteiger partial charge in [0.2, 0.25) is 6.10 Å². The Morgan fingerprint density at radius 1 is 1.05 bits per heavy atom. The standard InChI is InChI=1S/C17H13NO4/c1-21-17(20)15(13-9-7-12(11-18)8-10-13)22-16(19)14-5-3-2-4-6-14/h2-10,15H,1H3. The van der Waals surface area contributed by atoms with Gasteiger partial charge in [-0.2, -0.15) is 5.26 Å². The molecule has 0 saturated carbocycles. The molecule has 0 aliphatic carbocycles. The summed E-state index contributed by atoms with van der Waals surface area (Å²) in [5.74, 6) is -1.31. The molecule has 0 aliphatic heterocycles. The Bertz CT molecular complexity index is 702. The minimum absolute atomic E-state index is 0.338. The zero-order valence-corrected chi connectivity index (χ0v) is 11.9. The minimum atomic E-state index is -1.18. The lowest BCUT2D eigenvalue weighted by Gasteiger charge is -2.16. The minimum Gasteiger partial charge on any atom is -0.466 e. The van der Waals surface area contributed by atoms with Crippen molar-refractivity contribution in [3.05, 3.63) is 71.3 Å². The summed E-state index contributed by atoms with van der Waals surface area (Å²) >= 11 is 0. The number of nitrogens with zero attached hydrogens (tertiary/aromatic N) is 1. The molecular formula is C17H13NO4. The Kier molecular flexibility index (Phi) is 4.89. The van der Waals surface area contributed by atoms with Crippen molar-refractivity contribution in [1.82, 2.24) is 0 Å². The first-order chi connectivity index (χ1) is 10.7. The topological polar surface area (TPSA) is 76.4 Å². The van der Waals surface area contributed by atoms with Crippen LogP contribution in [0.4, 0.5) is 0 Å². The predicted octanol–water partition coefficient (Wildman–Crippen LogP) is 2.63. The number of nitriles is 1. The molecule has 0 N–H and O–H groups in total. The third-order valence-corrected chi connectivity index (χ3v) is 2.99. The van der Waals surface area contributed by atoms with Crippen LogP contribution in [0.2, 0.25) is 0 Å². The summed E-state index contributed by atoms with van der Waals surface area (Å²) in [6, 6.07) is 16.5. The van der Waals surface area contributed by atoms with Gasteiger partial charge in [0, 0.05) is 5.56 Å². The summed E-state index contributed by atoms with van der Waals surface area (Å²) in [6.45, 7) is 0. The fraction of sp³-hybridized carbons (Fsp3) is 0.118. The molecule has 0 bridgehead atoms. The van der Waals surface area contributed by atoms with Crippen molar-refractivity contribution in [2.24, 2.45) is 0 Å². The summed E-state index contributed by atoms with van der Waals surface area (Å²) in [6.07, 6.45) is -1.18. The summed E-state index contributed by atoms with van der Waals surface area (Å²) in [4.78, 5) is 24.0. The zero-order valence-electron chi connectivity index (χ0n) is 11.9. The molecule has 22 heavy (non-hydrogen) atoms. The number of hydrogen-bond donors (Lipinski definition) is 0. The average Bonchev–Trinajstić information content (AvgIpc) is 2.59. The van der Waals surface area contributed by atoms with E-state index in [1.54, 1.807) is 54.6 Å². The highest BCUT2D eigenvalue weighted by atomic mass is 16.6. The van der Waals surface area contributed by atoms with E-state index in [0.717, 1.165) is 0 Å². The lowest BCUT2D eigenvalue weighted by Crippen LogP contribution is -2.21. The Morgan fingerprint density at radius 2 is 1.68 bits per heavy atom. The fourth-order valence-electron chi connectivity index (χ4n) is 1.84. The van der Waals surface area contributed by atoms with Crippen molar-refractivity contribution < 1.29 is 19.1 Å². The second kappa shape index (κ2) is 7.04. The molecule has 5 heteroatoms. The number of carbonyl (C=O) groups is 2. The number of hydrogen-bond acceptors (Lipinski definition) is 5. The van der Waals surface area contributed by atoms with Crippen LogP contribution in [-0.4, -0.2) is 19.0 Å². The second-order valence-electron chi connectivity index (χ2n) is 4.41. The molecular weight excluding hydrogens is 282 g/mol. The molecule has 2 aromatic carbocycles. The van der Waals surface area contributed by atoms with Crippen LogP contribution in [0.3, 0.4) is 0 Å². The van der Waals surface area contributed by atoms with Crippen molar-refractivity contribution in [3.63, 3.8) is 0 Å². The number of esters is 2. The fourth-order valence-corrected chi connectivity index (χ4v) is 1.84. The molecule has 0 amide bonds. The monoisotopic (exact) mass is 295 g/mol. The van der Waals surface area contributed by atoms with E-state index in [2.05, 4.69) is 4.74 Å². The Morgan fingerprint density at radius 3 is 2.23 bits per heavy atom. The normalized spacial score (nSPS) is 11.1. The summed E-state index contributed by atoms with van der Waals surface area (Å²) in [5.41, 5.74) is 1.22. The maximum atomic E-state index is 12.1. The van der Waals surface area contributed by atoms with E-state index in [1.165, 1.54) is 7.11 Å². The van der Waals surface area contributed by atoms with Crippen LogP contribution in [0.25, 0.3) is 0 Å². The largest absolute Gasteiger partial charge is 0.466 e. The van der Waals surface area contributed by atoms with Crippen LogP contribution in [0, 0.1) is 11.3 Å². The third kappa shape index (κ3) is 3.49. The number of rotatable bonds is 4. The van der Waals surface area contributed by atoms with E-state index in [-0.39, 0.29) is 0 Å². The van der Waals surface area contributed by atoms with Gasteiger partial charge in [-0.05, 0) is 24.3 Å². The van der Waals surface area contributed by atoms with Crippen LogP contribution in [0.1, 0.15) is 27.6 Å². The highest BCUT2D eigenvalue weighted by Crippen LogP contribution is 2.21. The van der Waals surface area contributed by atoms with Crippen molar-refractivity contribution >= 4 is 11.9 Å². The molecule has 2 aromatic rings. The summed E-state index contributed by atoms with van der Waals surface area (Å²) < 4.78 is 9.93. The lowest BCUT2D eigenvalue weighted by atomic mass is 10.1. The molecule has 0 saturated heterocycles. The SMILES string of the molecule is COC(=O)C(OC(=O)c1ccccc1)c1ccc(C#N)cc1. The van der Waals surface area contributed by atoms with E-state index in [9.17, 15) is 9.59 Å². The molecule has 5 nitrogen and oxygen atoms in total. The van der Waals surface area contributed by atoms with Gasteiger partial charge in [-0.15, -0.1) is 0 Å². The third-order valence-electron chi connectivity index (χ3n) is 2.99. The molecule has 1 unspecified atom stereocenters. The average molecular weight is 295 g/mol. The van der Waals surface area contributed by atoms with Gasteiger partial charge in [0.15, 0.2) is 0 Å². The van der Waals surface area contributed by atoms with Gasteiger partial charge in [-0.1, -0.05) is 30.3 Å². The van der Waals surface area contributed by atoms with Gasteiger partial charge >= 0.3 is 11.9 Å². The molecule has 2 rings (SSSR count). The first-order valence-corrected chi connectivity index (χ1v) is 6.49. The van der Waals surface area contributed by atoms with Gasteiger partial charge in [0.25, 0.3) is 0 Å². The highest BCUT2D eigenvalue weighted by Gasteiger charge is 2.26. The maximum Gasteiger partial charge on any atom is 0.351 e. The number of carbonyl (C=O) groups excluding carboxylic acids is 2. The second-order valence-corrected chi connectivity index (χ2v) is 4.41. The van der Waals surface area contributed by atoms with Crippen LogP contribution in [0.5, 0.6) is 0 Å². The quantitative estimate of drug-likeness (QED) is 0.810. The van der Waals surface area contributed by atoms with Gasteiger partial charge < -0.3 is 9.47 Å². The van der Waals surface area contributed by atoms with Crippen LogP contribution in [-0.2, 0) is 14.3 Å². The van der Waals surface area contributed by atoms with Gasteiger partial charge in [0.1, 0.15) is 0 Å². The van der Waals surface area contributed by atoms with Crippen LogP contribution in [0.15, 0.2) is 54.6 Å². The molecule has 0 fully saturated rings. The smallest absolute Gasteiger partial charge is 0.351 e. The van der Waals surface area contributed by atoms with E-state index < -0.39 is 18.0 Å². The van der Waals surface area contributed by atoms with E-state index >= 15 is 0 Å². The van der Waals surface area contributed by atoms with Crippen LogP contribution >= 0.6 is 0 Å². The van der Waals surface area contributed by atoms with Gasteiger partial charge in [-0.3, -0.25) is 0 Å². The Labute approximate surface area is 127 Å². The number of ether oxygens (including phenoxy) is 2.